The Morgan fingerprint density at radius 1 is 0.839 bits per heavy atom. The molecule has 0 aromatic heterocycles. The lowest BCUT2D eigenvalue weighted by Gasteiger charge is -2.21. The second kappa shape index (κ2) is 13.0. The zero-order chi connectivity index (χ0) is 21.7. The number of amides is 1. The van der Waals surface area contributed by atoms with Crippen LogP contribution in [0.4, 0.5) is 5.69 Å². The van der Waals surface area contributed by atoms with Gasteiger partial charge in [0, 0.05) is 11.3 Å². The lowest BCUT2D eigenvalue weighted by molar-refractivity contribution is 0.102. The summed E-state index contributed by atoms with van der Waals surface area (Å²) in [5.74, 6) is 2.36. The van der Waals surface area contributed by atoms with Crippen LogP contribution in [0, 0.1) is 5.92 Å². The zero-order valence-electron chi connectivity index (χ0n) is 18.9. The molecule has 4 heteroatoms. The Bertz CT molecular complexity index is 764. The summed E-state index contributed by atoms with van der Waals surface area (Å²) in [7, 11) is 0. The Kier molecular flexibility index (Phi) is 9.75. The molecule has 3 rings (SSSR count). The smallest absolute Gasteiger partial charge is 0.255 e. The molecule has 0 atom stereocenters. The summed E-state index contributed by atoms with van der Waals surface area (Å²) in [6.07, 6.45) is 12.7. The molecular formula is C27H37NO3. The van der Waals surface area contributed by atoms with E-state index in [9.17, 15) is 4.79 Å². The lowest BCUT2D eigenvalue weighted by Crippen LogP contribution is -2.12. The van der Waals surface area contributed by atoms with Gasteiger partial charge in [-0.3, -0.25) is 4.79 Å². The maximum atomic E-state index is 12.5. The number of nitrogens with one attached hydrogen (secondary N) is 1. The van der Waals surface area contributed by atoms with E-state index in [2.05, 4.69) is 12.2 Å². The average molecular weight is 424 g/mol. The highest BCUT2D eigenvalue weighted by molar-refractivity contribution is 6.04. The minimum Gasteiger partial charge on any atom is -0.494 e. The van der Waals surface area contributed by atoms with E-state index in [0.717, 1.165) is 49.2 Å². The summed E-state index contributed by atoms with van der Waals surface area (Å²) >= 11 is 0. The number of hydrogen-bond donors (Lipinski definition) is 1. The van der Waals surface area contributed by atoms with Crippen LogP contribution >= 0.6 is 0 Å². The first-order valence-electron chi connectivity index (χ1n) is 12.0. The molecule has 1 N–H and O–H groups in total. The SMILES string of the molecule is CCCCCCOc1ccc(C(=O)Nc2ccc(OCCC3CCCCC3)cc2)cc1. The van der Waals surface area contributed by atoms with Gasteiger partial charge in [0.2, 0.25) is 0 Å². The highest BCUT2D eigenvalue weighted by Crippen LogP contribution is 2.26. The molecule has 2 aromatic rings. The maximum Gasteiger partial charge on any atom is 0.255 e. The number of hydrogen-bond acceptors (Lipinski definition) is 3. The topological polar surface area (TPSA) is 47.6 Å². The van der Waals surface area contributed by atoms with Crippen molar-refractivity contribution in [3.8, 4) is 11.5 Å². The number of carbonyl (C=O) groups excluding carboxylic acids is 1. The quantitative estimate of drug-likeness (QED) is 0.366. The number of ether oxygens (including phenoxy) is 2. The van der Waals surface area contributed by atoms with Crippen molar-refractivity contribution in [3.05, 3.63) is 54.1 Å². The van der Waals surface area contributed by atoms with Crippen molar-refractivity contribution >= 4 is 11.6 Å². The van der Waals surface area contributed by atoms with Crippen LogP contribution < -0.4 is 14.8 Å². The minimum absolute atomic E-state index is 0.125. The van der Waals surface area contributed by atoms with Crippen LogP contribution in [0.1, 0.15) is 81.5 Å². The van der Waals surface area contributed by atoms with Crippen LogP contribution in [-0.4, -0.2) is 19.1 Å². The summed E-state index contributed by atoms with van der Waals surface area (Å²) in [6.45, 7) is 3.69. The van der Waals surface area contributed by atoms with Gasteiger partial charge in [0.15, 0.2) is 0 Å². The second-order valence-corrected chi connectivity index (χ2v) is 8.55. The van der Waals surface area contributed by atoms with Gasteiger partial charge in [0.1, 0.15) is 11.5 Å². The highest BCUT2D eigenvalue weighted by atomic mass is 16.5. The predicted octanol–water partition coefficient (Wildman–Crippen LogP) is 7.25. The fraction of sp³-hybridized carbons (Fsp3) is 0.519. The fourth-order valence-electron chi connectivity index (χ4n) is 4.08. The Morgan fingerprint density at radius 3 is 2.16 bits per heavy atom. The summed E-state index contributed by atoms with van der Waals surface area (Å²) in [5, 5.41) is 2.94. The number of anilines is 1. The van der Waals surface area contributed by atoms with Crippen LogP contribution in [0.2, 0.25) is 0 Å². The van der Waals surface area contributed by atoms with Crippen molar-refractivity contribution in [2.45, 2.75) is 71.1 Å². The van der Waals surface area contributed by atoms with Crippen molar-refractivity contribution in [3.63, 3.8) is 0 Å². The molecule has 168 valence electrons. The zero-order valence-corrected chi connectivity index (χ0v) is 18.9. The Labute approximate surface area is 187 Å². The van der Waals surface area contributed by atoms with Gasteiger partial charge in [-0.25, -0.2) is 0 Å². The van der Waals surface area contributed by atoms with Crippen LogP contribution in [0.5, 0.6) is 11.5 Å². The summed E-state index contributed by atoms with van der Waals surface area (Å²) in [6, 6.07) is 15.0. The third kappa shape index (κ3) is 8.28. The first kappa shape index (κ1) is 23.2. The first-order chi connectivity index (χ1) is 15.2. The van der Waals surface area contributed by atoms with Gasteiger partial charge in [0.05, 0.1) is 13.2 Å². The third-order valence-corrected chi connectivity index (χ3v) is 6.01. The first-order valence-corrected chi connectivity index (χ1v) is 12.0. The van der Waals surface area contributed by atoms with E-state index >= 15 is 0 Å². The third-order valence-electron chi connectivity index (χ3n) is 6.01. The number of carbonyl (C=O) groups is 1. The minimum atomic E-state index is -0.125. The highest BCUT2D eigenvalue weighted by Gasteiger charge is 2.13. The van der Waals surface area contributed by atoms with E-state index in [1.807, 2.05) is 36.4 Å². The van der Waals surface area contributed by atoms with Crippen LogP contribution in [0.3, 0.4) is 0 Å². The van der Waals surface area contributed by atoms with Crippen LogP contribution in [0.25, 0.3) is 0 Å². The molecule has 0 aliphatic heterocycles. The number of rotatable bonds is 12. The largest absolute Gasteiger partial charge is 0.494 e. The summed E-state index contributed by atoms with van der Waals surface area (Å²) < 4.78 is 11.6. The fourth-order valence-corrected chi connectivity index (χ4v) is 4.08. The molecule has 0 heterocycles. The van der Waals surface area contributed by atoms with E-state index in [1.165, 1.54) is 51.4 Å². The Morgan fingerprint density at radius 2 is 1.48 bits per heavy atom. The van der Waals surface area contributed by atoms with Crippen molar-refractivity contribution in [1.82, 2.24) is 0 Å². The number of benzene rings is 2. The Hall–Kier alpha value is -2.49. The van der Waals surface area contributed by atoms with Crippen LogP contribution in [-0.2, 0) is 0 Å². The van der Waals surface area contributed by atoms with Crippen molar-refractivity contribution in [2.24, 2.45) is 5.92 Å². The van der Waals surface area contributed by atoms with Gasteiger partial charge < -0.3 is 14.8 Å². The van der Waals surface area contributed by atoms with E-state index in [0.29, 0.717) is 5.56 Å². The predicted molar refractivity (Wildman–Crippen MR) is 127 cm³/mol. The molecule has 2 aromatic carbocycles. The summed E-state index contributed by atoms with van der Waals surface area (Å²) in [4.78, 5) is 12.5. The van der Waals surface area contributed by atoms with Crippen molar-refractivity contribution in [2.75, 3.05) is 18.5 Å². The van der Waals surface area contributed by atoms with Gasteiger partial charge in [0.25, 0.3) is 5.91 Å². The standard InChI is InChI=1S/C27H37NO3/c1-2-3-4-8-20-30-25-15-11-23(12-16-25)27(29)28-24-13-17-26(18-14-24)31-21-19-22-9-6-5-7-10-22/h11-18,22H,2-10,19-21H2,1H3,(H,28,29). The summed E-state index contributed by atoms with van der Waals surface area (Å²) in [5.41, 5.74) is 1.38. The molecule has 0 unspecified atom stereocenters. The van der Waals surface area contributed by atoms with Gasteiger partial charge in [-0.05, 0) is 67.3 Å². The van der Waals surface area contributed by atoms with E-state index in [1.54, 1.807) is 12.1 Å². The van der Waals surface area contributed by atoms with Gasteiger partial charge in [-0.1, -0.05) is 58.3 Å². The van der Waals surface area contributed by atoms with Gasteiger partial charge >= 0.3 is 0 Å². The normalized spacial score (nSPS) is 14.2. The number of unbranched alkanes of at least 4 members (excludes halogenated alkanes) is 3. The molecule has 31 heavy (non-hydrogen) atoms. The molecule has 1 aliphatic rings. The van der Waals surface area contributed by atoms with E-state index in [-0.39, 0.29) is 5.91 Å². The van der Waals surface area contributed by atoms with Crippen molar-refractivity contribution < 1.29 is 14.3 Å². The molecular weight excluding hydrogens is 386 g/mol. The monoisotopic (exact) mass is 423 g/mol. The van der Waals surface area contributed by atoms with E-state index < -0.39 is 0 Å². The molecule has 0 saturated heterocycles. The second-order valence-electron chi connectivity index (χ2n) is 8.55. The van der Waals surface area contributed by atoms with Gasteiger partial charge in [-0.2, -0.15) is 0 Å². The molecule has 4 nitrogen and oxygen atoms in total. The molecule has 1 amide bonds. The molecule has 1 aliphatic carbocycles. The molecule has 1 fully saturated rings. The Balaban J connectivity index is 1.39. The molecule has 0 bridgehead atoms. The average Bonchev–Trinajstić information content (AvgIpc) is 2.81. The van der Waals surface area contributed by atoms with E-state index in [4.69, 9.17) is 9.47 Å². The maximum absolute atomic E-state index is 12.5. The molecule has 1 saturated carbocycles. The lowest BCUT2D eigenvalue weighted by atomic mass is 9.87. The van der Waals surface area contributed by atoms with Crippen molar-refractivity contribution in [1.29, 1.82) is 0 Å². The van der Waals surface area contributed by atoms with Crippen LogP contribution in [0.15, 0.2) is 48.5 Å². The molecule has 0 radical (unpaired) electrons. The molecule has 0 spiro atoms. The van der Waals surface area contributed by atoms with Gasteiger partial charge in [-0.15, -0.1) is 0 Å².